The van der Waals surface area contributed by atoms with Gasteiger partial charge in [-0.1, -0.05) is 12.8 Å². The highest BCUT2D eigenvalue weighted by atomic mass is 15.3. The number of anilines is 3. The van der Waals surface area contributed by atoms with Gasteiger partial charge in [-0.25, -0.2) is 15.0 Å². The summed E-state index contributed by atoms with van der Waals surface area (Å²) in [5, 5.41) is 0. The average molecular weight is 339 g/mol. The van der Waals surface area contributed by atoms with Crippen LogP contribution in [0.25, 0.3) is 0 Å². The Morgan fingerprint density at radius 2 is 1.20 bits per heavy atom. The van der Waals surface area contributed by atoms with Crippen LogP contribution in [0.5, 0.6) is 0 Å². The molecule has 0 amide bonds. The van der Waals surface area contributed by atoms with E-state index in [1.54, 1.807) is 12.4 Å². The second-order valence-corrected chi connectivity index (χ2v) is 6.64. The zero-order valence-corrected chi connectivity index (χ0v) is 14.6. The fraction of sp³-hybridized carbons (Fsp3) is 0.556. The first kappa shape index (κ1) is 16.1. The molecule has 0 aromatic carbocycles. The first-order valence-corrected chi connectivity index (χ1v) is 9.25. The molecule has 0 unspecified atom stereocenters. The maximum absolute atomic E-state index is 4.85. The van der Waals surface area contributed by atoms with Crippen LogP contribution in [0, 0.1) is 0 Å². The van der Waals surface area contributed by atoms with E-state index in [1.165, 1.54) is 25.7 Å². The Bertz CT molecular complexity index is 662. The van der Waals surface area contributed by atoms with Gasteiger partial charge in [0, 0.05) is 57.9 Å². The topological polar surface area (TPSA) is 61.3 Å². The normalized spacial score (nSPS) is 19.0. The predicted molar refractivity (Wildman–Crippen MR) is 99.2 cm³/mol. The zero-order valence-electron chi connectivity index (χ0n) is 14.6. The van der Waals surface area contributed by atoms with Gasteiger partial charge in [0.1, 0.15) is 5.82 Å². The van der Waals surface area contributed by atoms with Crippen LogP contribution in [0.15, 0.2) is 30.7 Å². The molecule has 25 heavy (non-hydrogen) atoms. The van der Waals surface area contributed by atoms with Crippen LogP contribution in [0.1, 0.15) is 25.7 Å². The number of aromatic nitrogens is 4. The predicted octanol–water partition coefficient (Wildman–Crippen LogP) is 1.97. The van der Waals surface area contributed by atoms with E-state index in [4.69, 9.17) is 4.98 Å². The van der Waals surface area contributed by atoms with Crippen LogP contribution in [-0.4, -0.2) is 59.2 Å². The van der Waals surface area contributed by atoms with Gasteiger partial charge < -0.3 is 14.7 Å². The lowest BCUT2D eigenvalue weighted by Crippen LogP contribution is -2.47. The van der Waals surface area contributed by atoms with Gasteiger partial charge in [-0.05, 0) is 25.0 Å². The Labute approximate surface area is 148 Å². The van der Waals surface area contributed by atoms with Crippen LogP contribution in [0.3, 0.4) is 0 Å². The number of nitrogens with zero attached hydrogens (tertiary/aromatic N) is 7. The molecule has 2 fully saturated rings. The average Bonchev–Trinajstić information content (AvgIpc) is 2.99. The molecule has 0 bridgehead atoms. The van der Waals surface area contributed by atoms with Crippen molar-refractivity contribution in [3.8, 4) is 0 Å². The van der Waals surface area contributed by atoms with Crippen molar-refractivity contribution in [3.05, 3.63) is 30.7 Å². The van der Waals surface area contributed by atoms with Gasteiger partial charge in [-0.2, -0.15) is 4.98 Å². The highest BCUT2D eigenvalue weighted by molar-refractivity contribution is 5.46. The molecular formula is C18H25N7. The number of hydrogen-bond donors (Lipinski definition) is 0. The van der Waals surface area contributed by atoms with Crippen molar-refractivity contribution in [2.45, 2.75) is 25.7 Å². The Morgan fingerprint density at radius 3 is 1.92 bits per heavy atom. The van der Waals surface area contributed by atoms with Gasteiger partial charge in [0.05, 0.1) is 0 Å². The molecule has 2 aliphatic heterocycles. The van der Waals surface area contributed by atoms with Gasteiger partial charge in [0.25, 0.3) is 0 Å². The first-order valence-electron chi connectivity index (χ1n) is 9.25. The highest BCUT2D eigenvalue weighted by Gasteiger charge is 2.21. The third-order valence-corrected chi connectivity index (χ3v) is 4.96. The van der Waals surface area contributed by atoms with Crippen molar-refractivity contribution in [1.82, 2.24) is 19.9 Å². The Balaban J connectivity index is 1.42. The molecule has 7 nitrogen and oxygen atoms in total. The lowest BCUT2D eigenvalue weighted by atomic mass is 10.2. The second-order valence-electron chi connectivity index (χ2n) is 6.64. The van der Waals surface area contributed by atoms with E-state index in [1.807, 2.05) is 18.3 Å². The highest BCUT2D eigenvalue weighted by Crippen LogP contribution is 2.20. The molecule has 4 rings (SSSR count). The lowest BCUT2D eigenvalue weighted by molar-refractivity contribution is 0.632. The minimum Gasteiger partial charge on any atom is -0.353 e. The zero-order chi connectivity index (χ0) is 16.9. The van der Waals surface area contributed by atoms with Gasteiger partial charge in [-0.15, -0.1) is 0 Å². The Morgan fingerprint density at radius 1 is 0.600 bits per heavy atom. The van der Waals surface area contributed by atoms with E-state index in [2.05, 4.69) is 29.7 Å². The van der Waals surface area contributed by atoms with E-state index >= 15 is 0 Å². The molecule has 2 aliphatic rings. The fourth-order valence-corrected chi connectivity index (χ4v) is 3.53. The quantitative estimate of drug-likeness (QED) is 0.847. The van der Waals surface area contributed by atoms with Crippen molar-refractivity contribution < 1.29 is 0 Å². The van der Waals surface area contributed by atoms with Crippen LogP contribution in [0.2, 0.25) is 0 Å². The molecule has 0 radical (unpaired) electrons. The van der Waals surface area contributed by atoms with Crippen LogP contribution >= 0.6 is 0 Å². The molecule has 0 saturated carbocycles. The molecular weight excluding hydrogens is 314 g/mol. The molecule has 4 heterocycles. The van der Waals surface area contributed by atoms with Crippen molar-refractivity contribution in [1.29, 1.82) is 0 Å². The van der Waals surface area contributed by atoms with Crippen molar-refractivity contribution >= 4 is 17.7 Å². The Kier molecular flexibility index (Phi) is 4.90. The molecule has 7 heteroatoms. The van der Waals surface area contributed by atoms with Gasteiger partial charge in [-0.3, -0.25) is 0 Å². The molecule has 0 atom stereocenters. The molecule has 0 spiro atoms. The molecule has 0 aliphatic carbocycles. The van der Waals surface area contributed by atoms with Gasteiger partial charge in [0.15, 0.2) is 0 Å². The van der Waals surface area contributed by atoms with Crippen molar-refractivity contribution in [2.24, 2.45) is 0 Å². The van der Waals surface area contributed by atoms with Crippen molar-refractivity contribution in [2.75, 3.05) is 54.0 Å². The van der Waals surface area contributed by atoms with E-state index in [0.29, 0.717) is 0 Å². The molecule has 0 N–H and O–H groups in total. The van der Waals surface area contributed by atoms with E-state index < -0.39 is 0 Å². The molecule has 2 aromatic heterocycles. The number of hydrogen-bond acceptors (Lipinski definition) is 7. The molecule has 132 valence electrons. The third kappa shape index (κ3) is 3.81. The van der Waals surface area contributed by atoms with Crippen molar-refractivity contribution in [3.63, 3.8) is 0 Å². The summed E-state index contributed by atoms with van der Waals surface area (Å²) in [6.07, 6.45) is 10.6. The van der Waals surface area contributed by atoms with E-state index in [-0.39, 0.29) is 0 Å². The molecule has 2 aromatic rings. The van der Waals surface area contributed by atoms with Gasteiger partial charge in [0.2, 0.25) is 11.9 Å². The standard InChI is InChI=1S/C18H25N7/c1-2-4-11-24(10-3-1)18-21-9-6-16(22-18)23-12-14-25(15-13-23)17-19-7-5-8-20-17/h5-9H,1-4,10-15H2. The summed E-state index contributed by atoms with van der Waals surface area (Å²) in [6.45, 7) is 5.81. The number of rotatable bonds is 3. The largest absolute Gasteiger partial charge is 0.353 e. The van der Waals surface area contributed by atoms with Crippen LogP contribution in [0.4, 0.5) is 17.7 Å². The van der Waals surface area contributed by atoms with Gasteiger partial charge >= 0.3 is 0 Å². The van der Waals surface area contributed by atoms with Crippen LogP contribution < -0.4 is 14.7 Å². The van der Waals surface area contributed by atoms with E-state index in [9.17, 15) is 0 Å². The SMILES string of the molecule is c1cnc(N2CCN(c3ccnc(N4CCCCCC4)n3)CC2)nc1. The Hall–Kier alpha value is -2.44. The van der Waals surface area contributed by atoms with Crippen LogP contribution in [-0.2, 0) is 0 Å². The summed E-state index contributed by atoms with van der Waals surface area (Å²) < 4.78 is 0. The summed E-state index contributed by atoms with van der Waals surface area (Å²) >= 11 is 0. The maximum atomic E-state index is 4.85. The minimum absolute atomic E-state index is 0.815. The fourth-order valence-electron chi connectivity index (χ4n) is 3.53. The summed E-state index contributed by atoms with van der Waals surface area (Å²) in [5.41, 5.74) is 0. The summed E-state index contributed by atoms with van der Waals surface area (Å²) in [7, 11) is 0. The summed E-state index contributed by atoms with van der Waals surface area (Å²) in [4.78, 5) is 25.0. The van der Waals surface area contributed by atoms with E-state index in [0.717, 1.165) is 57.0 Å². The summed E-state index contributed by atoms with van der Waals surface area (Å²) in [5.74, 6) is 2.73. The first-order chi connectivity index (χ1) is 12.4. The summed E-state index contributed by atoms with van der Waals surface area (Å²) in [6, 6.07) is 3.88. The monoisotopic (exact) mass is 339 g/mol. The second kappa shape index (κ2) is 7.63. The minimum atomic E-state index is 0.815. The number of piperazine rings is 1. The maximum Gasteiger partial charge on any atom is 0.227 e. The third-order valence-electron chi connectivity index (χ3n) is 4.96. The smallest absolute Gasteiger partial charge is 0.227 e. The molecule has 2 saturated heterocycles. The lowest BCUT2D eigenvalue weighted by Gasteiger charge is -2.35.